The van der Waals surface area contributed by atoms with Crippen LogP contribution in [0.3, 0.4) is 0 Å². The summed E-state index contributed by atoms with van der Waals surface area (Å²) in [5, 5.41) is 4.76. The van der Waals surface area contributed by atoms with E-state index in [2.05, 4.69) is 30.5 Å². The van der Waals surface area contributed by atoms with Gasteiger partial charge in [0.1, 0.15) is 5.69 Å². The highest BCUT2D eigenvalue weighted by Gasteiger charge is 2.25. The van der Waals surface area contributed by atoms with Crippen molar-refractivity contribution < 1.29 is 4.52 Å². The summed E-state index contributed by atoms with van der Waals surface area (Å²) in [7, 11) is -1.48. The molecule has 0 radical (unpaired) electrons. The molecule has 0 amide bonds. The van der Waals surface area contributed by atoms with Crippen molar-refractivity contribution in [3.05, 3.63) is 23.8 Å². The van der Waals surface area contributed by atoms with Gasteiger partial charge in [-0.2, -0.15) is 0 Å². The van der Waals surface area contributed by atoms with Crippen LogP contribution in [0.5, 0.6) is 0 Å². The zero-order valence-corrected chi connectivity index (χ0v) is 10.1. The van der Waals surface area contributed by atoms with Crippen LogP contribution < -0.4 is 5.73 Å². The molecule has 0 saturated heterocycles. The average Bonchev–Trinajstić information content (AvgIpc) is 2.45. The number of hydrogen-bond donors (Lipinski definition) is 1. The van der Waals surface area contributed by atoms with Crippen LogP contribution in [0.2, 0.25) is 19.6 Å². The largest absolute Gasteiger partial charge is 0.394 e. The zero-order valence-electron chi connectivity index (χ0n) is 9.09. The van der Waals surface area contributed by atoms with E-state index in [1.165, 1.54) is 6.20 Å². The lowest BCUT2D eigenvalue weighted by atomic mass is 10.4. The first kappa shape index (κ1) is 10.8. The van der Waals surface area contributed by atoms with Crippen LogP contribution in [0.15, 0.2) is 22.5 Å². The predicted octanol–water partition coefficient (Wildman–Crippen LogP) is 2.69. The molecule has 1 aromatic heterocycles. The highest BCUT2D eigenvalue weighted by Crippen LogP contribution is 2.28. The van der Waals surface area contributed by atoms with Crippen molar-refractivity contribution >= 4 is 19.0 Å². The molecule has 14 heavy (non-hydrogen) atoms. The number of nitrogen functional groups attached to an aromatic ring is 1. The van der Waals surface area contributed by atoms with Crippen LogP contribution >= 0.6 is 0 Å². The van der Waals surface area contributed by atoms with Gasteiger partial charge >= 0.3 is 0 Å². The Morgan fingerprint density at radius 2 is 2.21 bits per heavy atom. The average molecular weight is 208 g/mol. The molecular weight excluding hydrogens is 192 g/mol. The van der Waals surface area contributed by atoms with Crippen molar-refractivity contribution in [1.82, 2.24) is 5.16 Å². The van der Waals surface area contributed by atoms with Gasteiger partial charge in [-0.1, -0.05) is 24.8 Å². The maximum absolute atomic E-state index is 5.76. The normalized spacial score (nSPS) is 10.9. The molecule has 2 N–H and O–H groups in total. The predicted molar refractivity (Wildman–Crippen MR) is 61.4 cm³/mol. The van der Waals surface area contributed by atoms with Crippen LogP contribution in [0.1, 0.15) is 12.7 Å². The highest BCUT2D eigenvalue weighted by molar-refractivity contribution is 6.93. The maximum atomic E-state index is 5.76. The topological polar surface area (TPSA) is 52.0 Å². The van der Waals surface area contributed by atoms with Crippen molar-refractivity contribution in [2.45, 2.75) is 26.6 Å². The minimum atomic E-state index is -1.48. The summed E-state index contributed by atoms with van der Waals surface area (Å²) in [5.41, 5.74) is 9.56. The Hall–Kier alpha value is -1.25. The molecule has 1 rings (SSSR count). The number of allylic oxidation sites excluding steroid dienone is 1. The first-order chi connectivity index (χ1) is 6.46. The minimum Gasteiger partial charge on any atom is -0.394 e. The molecule has 0 atom stereocenters. The minimum absolute atomic E-state index is 0.594. The van der Waals surface area contributed by atoms with Crippen molar-refractivity contribution in [2.24, 2.45) is 0 Å². The summed E-state index contributed by atoms with van der Waals surface area (Å²) in [6, 6.07) is 0. The maximum Gasteiger partial charge on any atom is 0.189 e. The monoisotopic (exact) mass is 208 g/mol. The fourth-order valence-corrected chi connectivity index (χ4v) is 2.65. The summed E-state index contributed by atoms with van der Waals surface area (Å²) in [5.74, 6) is 0.683. The van der Waals surface area contributed by atoms with Crippen molar-refractivity contribution in [1.29, 1.82) is 0 Å². The van der Waals surface area contributed by atoms with Gasteiger partial charge in [0, 0.05) is 5.20 Å². The molecule has 1 heterocycles. The molecule has 3 nitrogen and oxygen atoms in total. The second kappa shape index (κ2) is 3.86. The Morgan fingerprint density at radius 1 is 1.57 bits per heavy atom. The molecule has 0 aromatic carbocycles. The van der Waals surface area contributed by atoms with Crippen LogP contribution in [0.4, 0.5) is 5.69 Å². The molecule has 0 aliphatic carbocycles. The van der Waals surface area contributed by atoms with Gasteiger partial charge in [-0.15, -0.1) is 5.73 Å². The van der Waals surface area contributed by atoms with E-state index < -0.39 is 8.07 Å². The first-order valence-corrected chi connectivity index (χ1v) is 8.09. The van der Waals surface area contributed by atoms with E-state index in [4.69, 9.17) is 10.3 Å². The summed E-state index contributed by atoms with van der Waals surface area (Å²) >= 11 is 0. The molecule has 0 fully saturated rings. The Labute approximate surface area is 85.3 Å². The van der Waals surface area contributed by atoms with Gasteiger partial charge in [0.15, 0.2) is 5.76 Å². The summed E-state index contributed by atoms with van der Waals surface area (Å²) in [6.45, 7) is 8.61. The molecule has 0 unspecified atom stereocenters. The Bertz CT molecular complexity index is 381. The van der Waals surface area contributed by atoms with E-state index in [0.717, 1.165) is 5.20 Å². The van der Waals surface area contributed by atoms with E-state index >= 15 is 0 Å². The zero-order chi connectivity index (χ0) is 10.8. The first-order valence-electron chi connectivity index (χ1n) is 4.59. The van der Waals surface area contributed by atoms with Gasteiger partial charge in [0.05, 0.1) is 14.3 Å². The van der Waals surface area contributed by atoms with Crippen molar-refractivity contribution in [3.8, 4) is 0 Å². The summed E-state index contributed by atoms with van der Waals surface area (Å²) < 4.78 is 5.15. The van der Waals surface area contributed by atoms with E-state index in [9.17, 15) is 0 Å². The molecule has 0 saturated carbocycles. The summed E-state index contributed by atoms with van der Waals surface area (Å²) in [6.07, 6.45) is 3.42. The third-order valence-electron chi connectivity index (χ3n) is 1.86. The third-order valence-corrected chi connectivity index (χ3v) is 3.74. The molecule has 0 aliphatic heterocycles. The Balaban J connectivity index is 3.30. The van der Waals surface area contributed by atoms with Gasteiger partial charge in [-0.3, -0.25) is 0 Å². The van der Waals surface area contributed by atoms with Gasteiger partial charge in [0.2, 0.25) is 0 Å². The van der Waals surface area contributed by atoms with Crippen LogP contribution in [-0.2, 0) is 0 Å². The molecule has 1 aromatic rings. The smallest absolute Gasteiger partial charge is 0.189 e. The third kappa shape index (κ3) is 2.16. The van der Waals surface area contributed by atoms with Crippen LogP contribution in [0, 0.1) is 0 Å². The molecular formula is C10H16N2OSi. The van der Waals surface area contributed by atoms with E-state index in [-0.39, 0.29) is 0 Å². The van der Waals surface area contributed by atoms with E-state index in [1.54, 1.807) is 0 Å². The Kier molecular flexibility index (Phi) is 2.98. The van der Waals surface area contributed by atoms with Gasteiger partial charge in [-0.25, -0.2) is 0 Å². The molecule has 0 spiro atoms. The molecule has 4 heteroatoms. The number of rotatable bonds is 2. The lowest BCUT2D eigenvalue weighted by Crippen LogP contribution is -2.22. The van der Waals surface area contributed by atoms with Gasteiger partial charge in [0.25, 0.3) is 0 Å². The lowest BCUT2D eigenvalue weighted by Gasteiger charge is -2.16. The number of nitrogens with two attached hydrogens (primary N) is 1. The lowest BCUT2D eigenvalue weighted by molar-refractivity contribution is 0.412. The number of hydrogen-bond acceptors (Lipinski definition) is 3. The quantitative estimate of drug-likeness (QED) is 0.600. The number of anilines is 1. The second-order valence-electron chi connectivity index (χ2n) is 4.17. The highest BCUT2D eigenvalue weighted by atomic mass is 28.3. The van der Waals surface area contributed by atoms with Gasteiger partial charge in [-0.05, 0) is 13.0 Å². The fraction of sp³-hybridized carbons (Fsp3) is 0.400. The van der Waals surface area contributed by atoms with Crippen molar-refractivity contribution in [2.75, 3.05) is 5.73 Å². The number of nitrogens with zero attached hydrogens (tertiary/aromatic N) is 1. The molecule has 76 valence electrons. The van der Waals surface area contributed by atoms with Crippen LogP contribution in [0.25, 0.3) is 5.20 Å². The molecule has 0 bridgehead atoms. The standard InChI is InChI=1S/C10H16N2OSi/c1-5-6-9(14(2,3)4)10-8(11)7-12-13-10/h5,7H,11H2,1-4H3. The Morgan fingerprint density at radius 3 is 2.57 bits per heavy atom. The summed E-state index contributed by atoms with van der Waals surface area (Å²) in [4.78, 5) is 0. The van der Waals surface area contributed by atoms with Crippen molar-refractivity contribution in [3.63, 3.8) is 0 Å². The number of aromatic nitrogens is 1. The van der Waals surface area contributed by atoms with E-state index in [0.29, 0.717) is 11.4 Å². The van der Waals surface area contributed by atoms with Gasteiger partial charge < -0.3 is 10.3 Å². The van der Waals surface area contributed by atoms with Crippen LogP contribution in [-0.4, -0.2) is 13.2 Å². The van der Waals surface area contributed by atoms with E-state index in [1.807, 2.05) is 13.0 Å². The second-order valence-corrected chi connectivity index (χ2v) is 9.17. The fourth-order valence-electron chi connectivity index (χ4n) is 1.20. The SMILES string of the molecule is CC=C=C(c1oncc1N)[Si](C)(C)C. The molecule has 0 aliphatic rings.